The monoisotopic (exact) mass is 284 g/mol. The number of likely N-dealkylation sites (tertiary alicyclic amines) is 1. The highest BCUT2D eigenvalue weighted by atomic mass is 16.2. The zero-order valence-corrected chi connectivity index (χ0v) is 12.4. The van der Waals surface area contributed by atoms with Crippen molar-refractivity contribution < 1.29 is 4.79 Å². The standard InChI is InChI=1S/C16H20N4O/c1-16(2)8-10-19(11-16)15(21)13-7-9-20(18-13)14-6-4-3-5-12(14)17/h3-7,9H,8,10-11,17H2,1-2H3. The molecule has 0 aliphatic carbocycles. The number of carbonyl (C=O) groups is 1. The topological polar surface area (TPSA) is 64.2 Å². The van der Waals surface area contributed by atoms with Gasteiger partial charge in [0.2, 0.25) is 0 Å². The average molecular weight is 284 g/mol. The maximum Gasteiger partial charge on any atom is 0.274 e. The van der Waals surface area contributed by atoms with Crippen LogP contribution in [0.15, 0.2) is 36.5 Å². The van der Waals surface area contributed by atoms with E-state index in [1.54, 1.807) is 16.9 Å². The van der Waals surface area contributed by atoms with Gasteiger partial charge in [0.1, 0.15) is 0 Å². The van der Waals surface area contributed by atoms with Crippen molar-refractivity contribution in [1.82, 2.24) is 14.7 Å². The maximum absolute atomic E-state index is 12.5. The number of nitrogens with zero attached hydrogens (tertiary/aromatic N) is 3. The Morgan fingerprint density at radius 2 is 2.05 bits per heavy atom. The van der Waals surface area contributed by atoms with Crippen LogP contribution in [-0.2, 0) is 0 Å². The van der Waals surface area contributed by atoms with E-state index < -0.39 is 0 Å². The molecule has 0 radical (unpaired) electrons. The Balaban J connectivity index is 1.83. The Hall–Kier alpha value is -2.30. The number of benzene rings is 1. The lowest BCUT2D eigenvalue weighted by atomic mass is 9.93. The fourth-order valence-corrected chi connectivity index (χ4v) is 2.72. The van der Waals surface area contributed by atoms with E-state index in [2.05, 4.69) is 18.9 Å². The van der Waals surface area contributed by atoms with Crippen molar-refractivity contribution in [3.63, 3.8) is 0 Å². The Morgan fingerprint density at radius 3 is 2.71 bits per heavy atom. The number of aromatic nitrogens is 2. The average Bonchev–Trinajstić information content (AvgIpc) is 3.05. The minimum atomic E-state index is -0.00572. The molecule has 21 heavy (non-hydrogen) atoms. The number of hydrogen-bond acceptors (Lipinski definition) is 3. The van der Waals surface area contributed by atoms with Crippen LogP contribution in [0.3, 0.4) is 0 Å². The van der Waals surface area contributed by atoms with E-state index in [9.17, 15) is 4.79 Å². The number of rotatable bonds is 2. The van der Waals surface area contributed by atoms with Gasteiger partial charge in [0.25, 0.3) is 5.91 Å². The van der Waals surface area contributed by atoms with Gasteiger partial charge in [-0.25, -0.2) is 4.68 Å². The normalized spacial score (nSPS) is 17.1. The first-order chi connectivity index (χ1) is 9.96. The molecule has 5 heteroatoms. The zero-order valence-electron chi connectivity index (χ0n) is 12.4. The molecule has 1 aromatic carbocycles. The van der Waals surface area contributed by atoms with Crippen molar-refractivity contribution in [2.24, 2.45) is 5.41 Å². The highest BCUT2D eigenvalue weighted by Gasteiger charge is 2.33. The molecule has 1 amide bonds. The van der Waals surface area contributed by atoms with Crippen LogP contribution >= 0.6 is 0 Å². The predicted molar refractivity (Wildman–Crippen MR) is 82.3 cm³/mol. The van der Waals surface area contributed by atoms with Crippen LogP contribution in [0.2, 0.25) is 0 Å². The Morgan fingerprint density at radius 1 is 1.29 bits per heavy atom. The number of anilines is 1. The molecule has 1 aliphatic heterocycles. The molecule has 1 saturated heterocycles. The summed E-state index contributed by atoms with van der Waals surface area (Å²) >= 11 is 0. The summed E-state index contributed by atoms with van der Waals surface area (Å²) in [6.45, 7) is 5.95. The number of nitrogens with two attached hydrogens (primary N) is 1. The molecule has 0 bridgehead atoms. The van der Waals surface area contributed by atoms with Crippen molar-refractivity contribution in [3.8, 4) is 5.69 Å². The molecule has 3 rings (SSSR count). The van der Waals surface area contributed by atoms with Crippen LogP contribution < -0.4 is 5.73 Å². The Kier molecular flexibility index (Phi) is 3.20. The molecule has 1 aliphatic rings. The highest BCUT2D eigenvalue weighted by Crippen LogP contribution is 2.29. The van der Waals surface area contributed by atoms with Crippen LogP contribution in [0, 0.1) is 5.41 Å². The zero-order chi connectivity index (χ0) is 15.0. The van der Waals surface area contributed by atoms with Crippen molar-refractivity contribution in [1.29, 1.82) is 0 Å². The van der Waals surface area contributed by atoms with E-state index in [1.807, 2.05) is 29.2 Å². The first kappa shape index (κ1) is 13.7. The van der Waals surface area contributed by atoms with Gasteiger partial charge in [-0.15, -0.1) is 0 Å². The first-order valence-corrected chi connectivity index (χ1v) is 7.16. The Bertz CT molecular complexity index is 674. The number of carbonyl (C=O) groups excluding carboxylic acids is 1. The highest BCUT2D eigenvalue weighted by molar-refractivity contribution is 5.92. The quantitative estimate of drug-likeness (QED) is 0.861. The van der Waals surface area contributed by atoms with Gasteiger partial charge in [-0.05, 0) is 30.0 Å². The molecule has 2 N–H and O–H groups in total. The van der Waals surface area contributed by atoms with Gasteiger partial charge in [0.15, 0.2) is 5.69 Å². The molecule has 0 atom stereocenters. The molecule has 1 fully saturated rings. The molecule has 0 unspecified atom stereocenters. The number of hydrogen-bond donors (Lipinski definition) is 1. The molecule has 0 saturated carbocycles. The van der Waals surface area contributed by atoms with Crippen molar-refractivity contribution >= 4 is 11.6 Å². The number of para-hydroxylation sites is 2. The molecule has 5 nitrogen and oxygen atoms in total. The number of amides is 1. The second-order valence-corrected chi connectivity index (χ2v) is 6.35. The summed E-state index contributed by atoms with van der Waals surface area (Å²) in [6, 6.07) is 9.23. The van der Waals surface area contributed by atoms with E-state index in [0.717, 1.165) is 25.2 Å². The van der Waals surface area contributed by atoms with Crippen molar-refractivity contribution in [2.45, 2.75) is 20.3 Å². The van der Waals surface area contributed by atoms with Gasteiger partial charge < -0.3 is 10.6 Å². The summed E-state index contributed by atoms with van der Waals surface area (Å²) in [7, 11) is 0. The van der Waals surface area contributed by atoms with Gasteiger partial charge in [0, 0.05) is 19.3 Å². The third-order valence-corrected chi connectivity index (χ3v) is 3.96. The largest absolute Gasteiger partial charge is 0.397 e. The van der Waals surface area contributed by atoms with Crippen LogP contribution in [0.5, 0.6) is 0 Å². The molecule has 2 heterocycles. The van der Waals surface area contributed by atoms with Gasteiger partial charge >= 0.3 is 0 Å². The van der Waals surface area contributed by atoms with E-state index in [-0.39, 0.29) is 11.3 Å². The molecular weight excluding hydrogens is 264 g/mol. The molecule has 1 aromatic heterocycles. The Labute approximate surface area is 124 Å². The van der Waals surface area contributed by atoms with Gasteiger partial charge in [-0.1, -0.05) is 26.0 Å². The summed E-state index contributed by atoms with van der Waals surface area (Å²) in [5.41, 5.74) is 8.04. The van der Waals surface area contributed by atoms with Crippen LogP contribution in [-0.4, -0.2) is 33.7 Å². The van der Waals surface area contributed by atoms with E-state index in [4.69, 9.17) is 5.73 Å². The molecule has 0 spiro atoms. The lowest BCUT2D eigenvalue weighted by Gasteiger charge is -2.18. The second kappa shape index (κ2) is 4.91. The first-order valence-electron chi connectivity index (χ1n) is 7.16. The van der Waals surface area contributed by atoms with Gasteiger partial charge in [-0.2, -0.15) is 5.10 Å². The maximum atomic E-state index is 12.5. The summed E-state index contributed by atoms with van der Waals surface area (Å²) < 4.78 is 1.66. The lowest BCUT2D eigenvalue weighted by Crippen LogP contribution is -2.30. The third-order valence-electron chi connectivity index (χ3n) is 3.96. The second-order valence-electron chi connectivity index (χ2n) is 6.35. The third kappa shape index (κ3) is 2.63. The van der Waals surface area contributed by atoms with Crippen molar-refractivity contribution in [2.75, 3.05) is 18.8 Å². The van der Waals surface area contributed by atoms with Crippen LogP contribution in [0.25, 0.3) is 5.69 Å². The summed E-state index contributed by atoms with van der Waals surface area (Å²) in [5.74, 6) is -0.00572. The predicted octanol–water partition coefficient (Wildman–Crippen LogP) is 2.33. The van der Waals surface area contributed by atoms with E-state index >= 15 is 0 Å². The fourth-order valence-electron chi connectivity index (χ4n) is 2.72. The summed E-state index contributed by atoms with van der Waals surface area (Å²) in [6.07, 6.45) is 2.81. The molecule has 110 valence electrons. The summed E-state index contributed by atoms with van der Waals surface area (Å²) in [5, 5.41) is 4.38. The summed E-state index contributed by atoms with van der Waals surface area (Å²) in [4.78, 5) is 14.4. The van der Waals surface area contributed by atoms with Crippen molar-refractivity contribution in [3.05, 3.63) is 42.2 Å². The minimum Gasteiger partial charge on any atom is -0.397 e. The minimum absolute atomic E-state index is 0.00572. The molecular formula is C16H20N4O. The molecule has 2 aromatic rings. The van der Waals surface area contributed by atoms with Gasteiger partial charge in [0.05, 0.1) is 11.4 Å². The smallest absolute Gasteiger partial charge is 0.274 e. The van der Waals surface area contributed by atoms with E-state index in [1.165, 1.54) is 0 Å². The fraction of sp³-hybridized carbons (Fsp3) is 0.375. The van der Waals surface area contributed by atoms with E-state index in [0.29, 0.717) is 11.4 Å². The van der Waals surface area contributed by atoms with Crippen LogP contribution in [0.4, 0.5) is 5.69 Å². The lowest BCUT2D eigenvalue weighted by molar-refractivity contribution is 0.0772. The van der Waals surface area contributed by atoms with Gasteiger partial charge in [-0.3, -0.25) is 4.79 Å². The van der Waals surface area contributed by atoms with Crippen LogP contribution in [0.1, 0.15) is 30.8 Å². The SMILES string of the molecule is CC1(C)CCN(C(=O)c2ccn(-c3ccccc3N)n2)C1. The number of nitrogen functional groups attached to an aromatic ring is 1.